The van der Waals surface area contributed by atoms with Gasteiger partial charge in [0.25, 0.3) is 5.91 Å². The van der Waals surface area contributed by atoms with Crippen molar-refractivity contribution in [1.82, 2.24) is 4.90 Å². The third-order valence-electron chi connectivity index (χ3n) is 6.39. The van der Waals surface area contributed by atoms with Gasteiger partial charge in [-0.3, -0.25) is 9.59 Å². The van der Waals surface area contributed by atoms with E-state index in [4.69, 9.17) is 4.74 Å². The summed E-state index contributed by atoms with van der Waals surface area (Å²) in [5.74, 6) is 0.925. The molecule has 0 atom stereocenters. The topological polar surface area (TPSA) is 61.9 Å². The lowest BCUT2D eigenvalue weighted by molar-refractivity contribution is -0.117. The summed E-state index contributed by atoms with van der Waals surface area (Å²) >= 11 is 0. The first-order valence-corrected chi connectivity index (χ1v) is 11.7. The van der Waals surface area contributed by atoms with E-state index in [-0.39, 0.29) is 17.7 Å². The molecule has 1 saturated heterocycles. The maximum Gasteiger partial charge on any atom is 0.256 e. The van der Waals surface area contributed by atoms with Gasteiger partial charge >= 0.3 is 0 Å². The summed E-state index contributed by atoms with van der Waals surface area (Å²) in [6.45, 7) is 5.29. The number of piperazine rings is 1. The summed E-state index contributed by atoms with van der Waals surface area (Å²) in [7, 11) is 0. The van der Waals surface area contributed by atoms with Gasteiger partial charge in [-0.05, 0) is 54.8 Å². The van der Waals surface area contributed by atoms with Crippen LogP contribution in [0.4, 0.5) is 11.4 Å². The lowest BCUT2D eigenvalue weighted by atomic mass is 10.0. The number of rotatable bonds is 6. The number of hydrogen-bond acceptors (Lipinski definition) is 4. The van der Waals surface area contributed by atoms with Gasteiger partial charge in [-0.2, -0.15) is 0 Å². The molecule has 6 heteroatoms. The smallest absolute Gasteiger partial charge is 0.256 e. The van der Waals surface area contributed by atoms with Gasteiger partial charge in [0.2, 0.25) is 5.91 Å². The molecule has 3 aromatic rings. The first-order chi connectivity index (χ1) is 16.1. The van der Waals surface area contributed by atoms with Crippen molar-refractivity contribution in [2.24, 2.45) is 5.92 Å². The van der Waals surface area contributed by atoms with Crippen molar-refractivity contribution in [3.8, 4) is 5.75 Å². The molecule has 3 aromatic carbocycles. The van der Waals surface area contributed by atoms with Crippen LogP contribution in [-0.4, -0.2) is 49.5 Å². The molecule has 1 N–H and O–H groups in total. The zero-order chi connectivity index (χ0) is 22.8. The summed E-state index contributed by atoms with van der Waals surface area (Å²) in [6, 6.07) is 19.8. The van der Waals surface area contributed by atoms with Gasteiger partial charge in [0.1, 0.15) is 5.75 Å². The third-order valence-corrected chi connectivity index (χ3v) is 6.39. The number of amides is 2. The minimum absolute atomic E-state index is 0.0108. The lowest BCUT2D eigenvalue weighted by Crippen LogP contribution is -2.49. The van der Waals surface area contributed by atoms with Gasteiger partial charge in [-0.15, -0.1) is 0 Å². The molecular weight excluding hydrogens is 414 g/mol. The highest BCUT2D eigenvalue weighted by Crippen LogP contribution is 2.33. The average Bonchev–Trinajstić information content (AvgIpc) is 3.70. The van der Waals surface area contributed by atoms with Crippen molar-refractivity contribution >= 4 is 34.0 Å². The van der Waals surface area contributed by atoms with E-state index in [1.807, 2.05) is 66.4 Å². The number of nitrogens with one attached hydrogen (secondary N) is 1. The molecule has 33 heavy (non-hydrogen) atoms. The van der Waals surface area contributed by atoms with Crippen molar-refractivity contribution in [2.45, 2.75) is 19.8 Å². The second-order valence-electron chi connectivity index (χ2n) is 8.69. The monoisotopic (exact) mass is 443 g/mol. The summed E-state index contributed by atoms with van der Waals surface area (Å²) < 4.78 is 5.79. The number of benzene rings is 3. The summed E-state index contributed by atoms with van der Waals surface area (Å²) in [4.78, 5) is 30.2. The molecule has 2 aliphatic rings. The van der Waals surface area contributed by atoms with Crippen LogP contribution in [-0.2, 0) is 4.79 Å². The Kier molecular flexibility index (Phi) is 5.90. The Bertz CT molecular complexity index is 1180. The van der Waals surface area contributed by atoms with Crippen molar-refractivity contribution < 1.29 is 14.3 Å². The zero-order valence-electron chi connectivity index (χ0n) is 18.9. The van der Waals surface area contributed by atoms with Gasteiger partial charge in [0, 0.05) is 32.1 Å². The maximum absolute atomic E-state index is 13.6. The van der Waals surface area contributed by atoms with Crippen molar-refractivity contribution in [2.75, 3.05) is 43.0 Å². The number of carbonyl (C=O) groups excluding carboxylic acids is 2. The molecule has 0 unspecified atom stereocenters. The quantitative estimate of drug-likeness (QED) is 0.607. The predicted molar refractivity (Wildman–Crippen MR) is 131 cm³/mol. The average molecular weight is 444 g/mol. The van der Waals surface area contributed by atoms with E-state index in [0.29, 0.717) is 30.9 Å². The molecule has 1 heterocycles. The second-order valence-corrected chi connectivity index (χ2v) is 8.69. The Balaban J connectivity index is 1.36. The number of ether oxygens (including phenoxy) is 1. The first kappa shape index (κ1) is 21.3. The number of fused-ring (bicyclic) bond motifs is 1. The minimum Gasteiger partial charge on any atom is -0.492 e. The third kappa shape index (κ3) is 4.51. The van der Waals surface area contributed by atoms with Crippen LogP contribution in [0.25, 0.3) is 10.8 Å². The molecule has 1 saturated carbocycles. The Hall–Kier alpha value is -3.54. The predicted octanol–water partition coefficient (Wildman–Crippen LogP) is 4.55. The molecule has 0 spiro atoms. The standard InChI is InChI=1S/C27H29N3O3/c1-2-33-25-10-6-5-9-24(25)29-13-15-30(16-14-29)27(32)22-17-20-7-3-4-8-21(20)18-23(22)28-26(31)19-11-12-19/h3-10,17-19H,2,11-16H2,1H3,(H,28,31). The number of nitrogens with zero attached hydrogens (tertiary/aromatic N) is 2. The fourth-order valence-corrected chi connectivity index (χ4v) is 4.42. The second kappa shape index (κ2) is 9.14. The van der Waals surface area contributed by atoms with Crippen LogP contribution in [0.5, 0.6) is 5.75 Å². The van der Waals surface area contributed by atoms with E-state index in [1.165, 1.54) is 0 Å². The maximum atomic E-state index is 13.6. The molecule has 0 radical (unpaired) electrons. The van der Waals surface area contributed by atoms with Crippen molar-refractivity contribution in [3.63, 3.8) is 0 Å². The van der Waals surface area contributed by atoms with E-state index < -0.39 is 0 Å². The van der Waals surface area contributed by atoms with Crippen LogP contribution in [0.15, 0.2) is 60.7 Å². The van der Waals surface area contributed by atoms with Gasteiger partial charge in [-0.25, -0.2) is 0 Å². The summed E-state index contributed by atoms with van der Waals surface area (Å²) in [5, 5.41) is 5.03. The minimum atomic E-state index is -0.0374. The molecule has 2 amide bonds. The van der Waals surface area contributed by atoms with Crippen molar-refractivity contribution in [1.29, 1.82) is 0 Å². The van der Waals surface area contributed by atoms with E-state index in [2.05, 4.69) is 16.3 Å². The van der Waals surface area contributed by atoms with Crippen molar-refractivity contribution in [3.05, 3.63) is 66.2 Å². The highest BCUT2D eigenvalue weighted by Gasteiger charge is 2.31. The first-order valence-electron chi connectivity index (χ1n) is 11.7. The lowest BCUT2D eigenvalue weighted by Gasteiger charge is -2.37. The summed E-state index contributed by atoms with van der Waals surface area (Å²) in [6.07, 6.45) is 1.85. The Labute approximate surface area is 194 Å². The fourth-order valence-electron chi connectivity index (χ4n) is 4.42. The van der Waals surface area contributed by atoms with Crippen LogP contribution in [0.2, 0.25) is 0 Å². The van der Waals surface area contributed by atoms with E-state index in [1.54, 1.807) is 0 Å². The zero-order valence-corrected chi connectivity index (χ0v) is 18.9. The van der Waals surface area contributed by atoms with E-state index in [9.17, 15) is 9.59 Å². The molecule has 6 nitrogen and oxygen atoms in total. The Morgan fingerprint density at radius 2 is 1.61 bits per heavy atom. The number of para-hydroxylation sites is 2. The number of carbonyl (C=O) groups is 2. The number of anilines is 2. The normalized spacial score (nSPS) is 16.0. The molecule has 5 rings (SSSR count). The van der Waals surface area contributed by atoms with E-state index in [0.717, 1.165) is 48.1 Å². The Morgan fingerprint density at radius 1 is 0.939 bits per heavy atom. The molecule has 0 aromatic heterocycles. The van der Waals surface area contributed by atoms with Crippen LogP contribution < -0.4 is 15.0 Å². The van der Waals surface area contributed by atoms with E-state index >= 15 is 0 Å². The number of hydrogen-bond donors (Lipinski definition) is 1. The SMILES string of the molecule is CCOc1ccccc1N1CCN(C(=O)c2cc3ccccc3cc2NC(=O)C2CC2)CC1. The largest absolute Gasteiger partial charge is 0.492 e. The molecular formula is C27H29N3O3. The van der Waals surface area contributed by atoms with Gasteiger partial charge in [0.05, 0.1) is 23.5 Å². The molecule has 1 aliphatic carbocycles. The highest BCUT2D eigenvalue weighted by atomic mass is 16.5. The molecule has 1 aliphatic heterocycles. The summed E-state index contributed by atoms with van der Waals surface area (Å²) in [5.41, 5.74) is 2.24. The molecule has 2 fully saturated rings. The van der Waals surface area contributed by atoms with Gasteiger partial charge in [0.15, 0.2) is 0 Å². The van der Waals surface area contributed by atoms with Crippen LogP contribution in [0.3, 0.4) is 0 Å². The molecule has 170 valence electrons. The van der Waals surface area contributed by atoms with Gasteiger partial charge in [-0.1, -0.05) is 36.4 Å². The fraction of sp³-hybridized carbons (Fsp3) is 0.333. The molecule has 0 bridgehead atoms. The Morgan fingerprint density at radius 3 is 2.30 bits per heavy atom. The van der Waals surface area contributed by atoms with Crippen LogP contribution in [0, 0.1) is 5.92 Å². The van der Waals surface area contributed by atoms with Crippen LogP contribution in [0.1, 0.15) is 30.1 Å². The highest BCUT2D eigenvalue weighted by molar-refractivity contribution is 6.08. The van der Waals surface area contributed by atoms with Crippen LogP contribution >= 0.6 is 0 Å². The van der Waals surface area contributed by atoms with Gasteiger partial charge < -0.3 is 19.9 Å².